The minimum absolute atomic E-state index is 0.182. The van der Waals surface area contributed by atoms with E-state index in [0.29, 0.717) is 47.4 Å². The summed E-state index contributed by atoms with van der Waals surface area (Å²) in [6.45, 7) is 2.45. The molecule has 4 atom stereocenters. The molecule has 0 spiro atoms. The van der Waals surface area contributed by atoms with Crippen LogP contribution >= 0.6 is 0 Å². The van der Waals surface area contributed by atoms with E-state index in [9.17, 15) is 19.2 Å². The zero-order chi connectivity index (χ0) is 34.9. The van der Waals surface area contributed by atoms with Gasteiger partial charge < -0.3 is 10.6 Å². The third kappa shape index (κ3) is 6.72. The second kappa shape index (κ2) is 14.7. The van der Waals surface area contributed by atoms with Crippen molar-refractivity contribution in [2.24, 2.45) is 11.8 Å². The Kier molecular flexibility index (Phi) is 9.71. The summed E-state index contributed by atoms with van der Waals surface area (Å²) >= 11 is 0. The second-order valence-electron chi connectivity index (χ2n) is 15.3. The Bertz CT molecular complexity index is 1750. The molecule has 4 aromatic carbocycles. The van der Waals surface area contributed by atoms with E-state index in [1.807, 2.05) is 72.8 Å². The van der Waals surface area contributed by atoms with E-state index in [0.717, 1.165) is 59.3 Å². The molecule has 2 fully saturated rings. The van der Waals surface area contributed by atoms with Gasteiger partial charge in [0.2, 0.25) is 0 Å². The fourth-order valence-corrected chi connectivity index (χ4v) is 9.51. The summed E-state index contributed by atoms with van der Waals surface area (Å²) in [6, 6.07) is 23.7. The Hall–Kier alpha value is -4.40. The summed E-state index contributed by atoms with van der Waals surface area (Å²) in [7, 11) is 0. The molecule has 8 heteroatoms. The quantitative estimate of drug-likeness (QED) is 0.120. The monoisotopic (exact) mass is 684 g/mol. The molecule has 4 aliphatic rings. The van der Waals surface area contributed by atoms with Gasteiger partial charge >= 0.3 is 0 Å². The molecule has 4 aromatic rings. The van der Waals surface area contributed by atoms with Crippen LogP contribution in [0.1, 0.15) is 112 Å². The van der Waals surface area contributed by atoms with Gasteiger partial charge in [0.1, 0.15) is 0 Å². The van der Waals surface area contributed by atoms with Gasteiger partial charge in [-0.15, -0.1) is 0 Å². The lowest BCUT2D eigenvalue weighted by Gasteiger charge is -2.36. The first-order valence-electron chi connectivity index (χ1n) is 19.2. The molecule has 0 saturated heterocycles. The topological polar surface area (TPSA) is 98.8 Å². The number of amides is 4. The highest BCUT2D eigenvalue weighted by Gasteiger charge is 2.34. The van der Waals surface area contributed by atoms with Crippen LogP contribution in [0.25, 0.3) is 21.5 Å². The van der Waals surface area contributed by atoms with Gasteiger partial charge in [0.15, 0.2) is 0 Å². The first kappa shape index (κ1) is 33.7. The number of imide groups is 2. The van der Waals surface area contributed by atoms with Crippen LogP contribution in [0.4, 0.5) is 0 Å². The zero-order valence-electron chi connectivity index (χ0n) is 29.4. The Morgan fingerprint density at radius 3 is 1.25 bits per heavy atom. The van der Waals surface area contributed by atoms with E-state index in [2.05, 4.69) is 10.6 Å². The maximum atomic E-state index is 13.2. The summed E-state index contributed by atoms with van der Waals surface area (Å²) < 4.78 is 0. The predicted molar refractivity (Wildman–Crippen MR) is 200 cm³/mol. The van der Waals surface area contributed by atoms with E-state index >= 15 is 0 Å². The van der Waals surface area contributed by atoms with Gasteiger partial charge in [-0.3, -0.25) is 29.0 Å². The Morgan fingerprint density at radius 1 is 0.510 bits per heavy atom. The Labute approximate surface area is 299 Å². The number of nitrogens with zero attached hydrogens (tertiary/aromatic N) is 2. The molecule has 8 rings (SSSR count). The smallest absolute Gasteiger partial charge is 0.261 e. The Morgan fingerprint density at radius 2 is 0.882 bits per heavy atom. The first-order valence-corrected chi connectivity index (χ1v) is 19.2. The third-order valence-corrected chi connectivity index (χ3v) is 11.9. The molecule has 0 aromatic heterocycles. The number of hydrogen-bond donors (Lipinski definition) is 2. The lowest BCUT2D eigenvalue weighted by molar-refractivity contribution is 0.0593. The fraction of sp³-hybridized carbons (Fsp3) is 0.442. The molecule has 8 nitrogen and oxygen atoms in total. The first-order chi connectivity index (χ1) is 25.0. The average molecular weight is 685 g/mol. The summed E-state index contributed by atoms with van der Waals surface area (Å²) in [5.74, 6) is 0.728. The molecule has 4 unspecified atom stereocenters. The van der Waals surface area contributed by atoms with Crippen LogP contribution < -0.4 is 10.6 Å². The number of benzene rings is 4. The largest absolute Gasteiger partial charge is 0.314 e. The van der Waals surface area contributed by atoms with Gasteiger partial charge in [0, 0.05) is 58.2 Å². The highest BCUT2D eigenvalue weighted by Crippen LogP contribution is 2.36. The van der Waals surface area contributed by atoms with E-state index in [1.165, 1.54) is 67.6 Å². The van der Waals surface area contributed by atoms with Crippen molar-refractivity contribution >= 4 is 45.2 Å². The van der Waals surface area contributed by atoms with Crippen LogP contribution in [-0.4, -0.2) is 71.7 Å². The number of hydrogen-bond acceptors (Lipinski definition) is 6. The number of carbonyl (C=O) groups is 4. The van der Waals surface area contributed by atoms with E-state index in [4.69, 9.17) is 0 Å². The SMILES string of the molecule is O=C1c2cccc3cccc(c23)C(=O)N1CCCNC1CCCC(CC2CCCC(NCCCN3C(=O)c4cccc5cccc(c45)C3=O)C2)C1. The van der Waals surface area contributed by atoms with E-state index in [-0.39, 0.29) is 23.6 Å². The molecule has 2 heterocycles. The molecule has 2 aliphatic heterocycles. The third-order valence-electron chi connectivity index (χ3n) is 11.9. The predicted octanol–water partition coefficient (Wildman–Crippen LogP) is 7.35. The van der Waals surface area contributed by atoms with Gasteiger partial charge in [-0.05, 0) is 105 Å². The van der Waals surface area contributed by atoms with Gasteiger partial charge in [0.05, 0.1) is 0 Å². The lowest BCUT2D eigenvalue weighted by atomic mass is 9.75. The van der Waals surface area contributed by atoms with E-state index in [1.54, 1.807) is 0 Å². The van der Waals surface area contributed by atoms with Gasteiger partial charge in [-0.2, -0.15) is 0 Å². The molecule has 2 N–H and O–H groups in total. The fourth-order valence-electron chi connectivity index (χ4n) is 9.51. The maximum Gasteiger partial charge on any atom is 0.261 e. The molecule has 51 heavy (non-hydrogen) atoms. The van der Waals surface area contributed by atoms with Crippen molar-refractivity contribution in [2.75, 3.05) is 26.2 Å². The van der Waals surface area contributed by atoms with Gasteiger partial charge in [-0.25, -0.2) is 0 Å². The van der Waals surface area contributed by atoms with Gasteiger partial charge in [0.25, 0.3) is 23.6 Å². The summed E-state index contributed by atoms with van der Waals surface area (Å²) in [6.07, 6.45) is 12.6. The van der Waals surface area contributed by atoms with Crippen LogP contribution in [0.5, 0.6) is 0 Å². The standard InChI is InChI=1S/C43H48N4O4/c48-40-34-17-3-11-30-12-4-18-35(38(30)34)41(49)46(40)23-7-21-44-32-15-1-9-28(26-32)25-29-10-2-16-33(27-29)45-22-8-24-47-42(50)36-19-5-13-31-14-6-20-37(39(31)36)43(47)51/h3-6,11-14,17-20,28-29,32-33,44-45H,1-2,7-10,15-16,21-27H2. The van der Waals surface area contributed by atoms with Crippen LogP contribution in [0.15, 0.2) is 72.8 Å². The van der Waals surface area contributed by atoms with Crippen molar-refractivity contribution in [3.63, 3.8) is 0 Å². The maximum absolute atomic E-state index is 13.2. The molecule has 2 aliphatic carbocycles. The minimum Gasteiger partial charge on any atom is -0.314 e. The number of nitrogens with one attached hydrogen (secondary N) is 2. The molecular formula is C43H48N4O4. The summed E-state index contributed by atoms with van der Waals surface area (Å²) in [5.41, 5.74) is 2.50. The van der Waals surface area contributed by atoms with E-state index < -0.39 is 0 Å². The molecule has 264 valence electrons. The molecular weight excluding hydrogens is 636 g/mol. The number of rotatable bonds is 12. The van der Waals surface area contributed by atoms with Crippen LogP contribution in [0, 0.1) is 11.8 Å². The summed E-state index contributed by atoms with van der Waals surface area (Å²) in [4.78, 5) is 55.9. The molecule has 0 radical (unpaired) electrons. The van der Waals surface area contributed by atoms with Crippen LogP contribution in [0.3, 0.4) is 0 Å². The number of carbonyl (C=O) groups excluding carboxylic acids is 4. The average Bonchev–Trinajstić information content (AvgIpc) is 3.15. The zero-order valence-corrected chi connectivity index (χ0v) is 29.4. The second-order valence-corrected chi connectivity index (χ2v) is 15.3. The van der Waals surface area contributed by atoms with Crippen molar-refractivity contribution < 1.29 is 19.2 Å². The lowest BCUT2D eigenvalue weighted by Crippen LogP contribution is -2.42. The van der Waals surface area contributed by atoms with Crippen LogP contribution in [0.2, 0.25) is 0 Å². The normalized spacial score (nSPS) is 23.5. The minimum atomic E-state index is -0.182. The molecule has 4 amide bonds. The van der Waals surface area contributed by atoms with Crippen LogP contribution in [-0.2, 0) is 0 Å². The van der Waals surface area contributed by atoms with Crippen molar-refractivity contribution in [3.8, 4) is 0 Å². The van der Waals surface area contributed by atoms with Crippen molar-refractivity contribution in [3.05, 3.63) is 95.1 Å². The summed E-state index contributed by atoms with van der Waals surface area (Å²) in [5, 5.41) is 11.0. The van der Waals surface area contributed by atoms with Crippen molar-refractivity contribution in [2.45, 2.75) is 82.7 Å². The highest BCUT2D eigenvalue weighted by atomic mass is 16.2. The van der Waals surface area contributed by atoms with Gasteiger partial charge in [-0.1, -0.05) is 74.2 Å². The van der Waals surface area contributed by atoms with Crippen molar-refractivity contribution in [1.82, 2.24) is 20.4 Å². The highest BCUT2D eigenvalue weighted by molar-refractivity contribution is 6.26. The van der Waals surface area contributed by atoms with Crippen molar-refractivity contribution in [1.29, 1.82) is 0 Å². The molecule has 2 saturated carbocycles. The molecule has 0 bridgehead atoms. The Balaban J connectivity index is 0.760.